The van der Waals surface area contributed by atoms with Crippen molar-refractivity contribution in [3.05, 3.63) is 0 Å². The van der Waals surface area contributed by atoms with Gasteiger partial charge in [-0.05, 0) is 48.0 Å². The standard InChI is InChI=1S/C16H38O6Si2/c1-8-17-23(18-9-2,19-10-3)15-14-16(7)24(20-11-4,21-12-5)22-13-6/h16H,8-15H2,1-7H3. The van der Waals surface area contributed by atoms with Crippen LogP contribution in [0, 0.1) is 0 Å². The fraction of sp³-hybridized carbons (Fsp3) is 1.00. The van der Waals surface area contributed by atoms with Gasteiger partial charge in [-0.25, -0.2) is 0 Å². The molecular formula is C16H38O6Si2. The highest BCUT2D eigenvalue weighted by atomic mass is 28.4. The Morgan fingerprint density at radius 2 is 0.917 bits per heavy atom. The van der Waals surface area contributed by atoms with Gasteiger partial charge in [-0.1, -0.05) is 6.92 Å². The molecule has 0 aromatic carbocycles. The lowest BCUT2D eigenvalue weighted by atomic mass is 10.4. The van der Waals surface area contributed by atoms with Gasteiger partial charge in [-0.15, -0.1) is 0 Å². The molecule has 0 aromatic rings. The minimum absolute atomic E-state index is 0.158. The van der Waals surface area contributed by atoms with E-state index >= 15 is 0 Å². The maximum absolute atomic E-state index is 6.00. The molecule has 146 valence electrons. The third kappa shape index (κ3) is 7.61. The minimum Gasteiger partial charge on any atom is -0.374 e. The van der Waals surface area contributed by atoms with E-state index in [9.17, 15) is 0 Å². The molecule has 8 heteroatoms. The molecule has 0 aliphatic heterocycles. The van der Waals surface area contributed by atoms with E-state index in [2.05, 4.69) is 6.92 Å². The Morgan fingerprint density at radius 3 is 1.21 bits per heavy atom. The smallest absolute Gasteiger partial charge is 0.374 e. The summed E-state index contributed by atoms with van der Waals surface area (Å²) in [6.07, 6.45) is 0.832. The van der Waals surface area contributed by atoms with Crippen molar-refractivity contribution >= 4 is 17.6 Å². The van der Waals surface area contributed by atoms with E-state index in [1.807, 2.05) is 41.5 Å². The lowest BCUT2D eigenvalue weighted by Gasteiger charge is -2.35. The average Bonchev–Trinajstić information content (AvgIpc) is 2.54. The van der Waals surface area contributed by atoms with Crippen LogP contribution in [0.3, 0.4) is 0 Å². The molecule has 1 atom stereocenters. The molecular weight excluding hydrogens is 344 g/mol. The van der Waals surface area contributed by atoms with E-state index in [4.69, 9.17) is 26.6 Å². The van der Waals surface area contributed by atoms with Gasteiger partial charge in [-0.3, -0.25) is 0 Å². The molecule has 0 rings (SSSR count). The first-order valence-corrected chi connectivity index (χ1v) is 13.1. The van der Waals surface area contributed by atoms with Crippen molar-refractivity contribution in [2.24, 2.45) is 0 Å². The highest BCUT2D eigenvalue weighted by molar-refractivity contribution is 6.63. The molecule has 0 bridgehead atoms. The SMILES string of the molecule is CCO[Si](CCC(C)[Si](OCC)(OCC)OCC)(OCC)OCC. The first-order chi connectivity index (χ1) is 11.5. The summed E-state index contributed by atoms with van der Waals surface area (Å²) in [6, 6.07) is 0.742. The summed E-state index contributed by atoms with van der Waals surface area (Å²) in [4.78, 5) is 0. The molecule has 1 unspecified atom stereocenters. The largest absolute Gasteiger partial charge is 0.503 e. The van der Waals surface area contributed by atoms with Gasteiger partial charge >= 0.3 is 17.6 Å². The van der Waals surface area contributed by atoms with Crippen LogP contribution in [0.5, 0.6) is 0 Å². The average molecular weight is 383 g/mol. The number of hydrogen-bond donors (Lipinski definition) is 0. The van der Waals surface area contributed by atoms with Crippen molar-refractivity contribution in [2.75, 3.05) is 39.6 Å². The van der Waals surface area contributed by atoms with E-state index < -0.39 is 17.6 Å². The summed E-state index contributed by atoms with van der Waals surface area (Å²) < 4.78 is 35.8. The fourth-order valence-electron chi connectivity index (χ4n) is 2.73. The summed E-state index contributed by atoms with van der Waals surface area (Å²) in [7, 11) is -5.36. The summed E-state index contributed by atoms with van der Waals surface area (Å²) >= 11 is 0. The van der Waals surface area contributed by atoms with Crippen LogP contribution < -0.4 is 0 Å². The second-order valence-corrected chi connectivity index (χ2v) is 11.1. The summed E-state index contributed by atoms with van der Waals surface area (Å²) in [5, 5.41) is 0. The molecule has 24 heavy (non-hydrogen) atoms. The van der Waals surface area contributed by atoms with Gasteiger partial charge in [0.2, 0.25) is 0 Å². The van der Waals surface area contributed by atoms with Crippen LogP contribution in [0.1, 0.15) is 54.9 Å². The number of hydrogen-bond acceptors (Lipinski definition) is 6. The van der Waals surface area contributed by atoms with Crippen LogP contribution in [0.25, 0.3) is 0 Å². The zero-order valence-corrected chi connectivity index (χ0v) is 18.7. The van der Waals surface area contributed by atoms with Gasteiger partial charge in [0.25, 0.3) is 0 Å². The zero-order chi connectivity index (χ0) is 18.5. The third-order valence-electron chi connectivity index (χ3n) is 3.62. The topological polar surface area (TPSA) is 55.4 Å². The van der Waals surface area contributed by atoms with Crippen LogP contribution in [0.2, 0.25) is 11.6 Å². The fourth-order valence-corrected chi connectivity index (χ4v) is 8.61. The Balaban J connectivity index is 5.12. The second kappa shape index (κ2) is 13.4. The molecule has 0 saturated carbocycles. The van der Waals surface area contributed by atoms with Crippen molar-refractivity contribution in [1.82, 2.24) is 0 Å². The molecule has 0 N–H and O–H groups in total. The molecule has 0 aromatic heterocycles. The minimum atomic E-state index is -2.71. The normalized spacial score (nSPS) is 14.1. The molecule has 0 spiro atoms. The van der Waals surface area contributed by atoms with Crippen molar-refractivity contribution in [1.29, 1.82) is 0 Å². The maximum atomic E-state index is 6.00. The second-order valence-electron chi connectivity index (χ2n) is 5.32. The zero-order valence-electron chi connectivity index (χ0n) is 16.7. The van der Waals surface area contributed by atoms with Gasteiger partial charge in [0.15, 0.2) is 0 Å². The summed E-state index contributed by atoms with van der Waals surface area (Å²) in [6.45, 7) is 17.5. The Bertz CT molecular complexity index is 272. The van der Waals surface area contributed by atoms with Gasteiger partial charge in [0.1, 0.15) is 0 Å². The molecule has 0 saturated heterocycles. The van der Waals surface area contributed by atoms with Crippen molar-refractivity contribution in [3.8, 4) is 0 Å². The van der Waals surface area contributed by atoms with E-state index in [1.165, 1.54) is 0 Å². The van der Waals surface area contributed by atoms with Gasteiger partial charge < -0.3 is 26.6 Å². The molecule has 0 amide bonds. The van der Waals surface area contributed by atoms with Crippen LogP contribution in [0.4, 0.5) is 0 Å². The highest BCUT2D eigenvalue weighted by Crippen LogP contribution is 2.33. The Kier molecular flexibility index (Phi) is 13.5. The van der Waals surface area contributed by atoms with Gasteiger partial charge in [-0.2, -0.15) is 0 Å². The van der Waals surface area contributed by atoms with Crippen molar-refractivity contribution in [2.45, 2.75) is 66.5 Å². The van der Waals surface area contributed by atoms with Gasteiger partial charge in [0, 0.05) is 51.2 Å². The van der Waals surface area contributed by atoms with E-state index in [0.29, 0.717) is 39.6 Å². The van der Waals surface area contributed by atoms with E-state index in [0.717, 1.165) is 12.5 Å². The lowest BCUT2D eigenvalue weighted by Crippen LogP contribution is -2.51. The predicted octanol–water partition coefficient (Wildman–Crippen LogP) is 3.86. The maximum Gasteiger partial charge on any atom is 0.503 e. The Hall–Kier alpha value is 0.194. The van der Waals surface area contributed by atoms with Crippen LogP contribution in [-0.4, -0.2) is 57.3 Å². The Morgan fingerprint density at radius 1 is 0.583 bits per heavy atom. The van der Waals surface area contributed by atoms with Crippen LogP contribution in [0.15, 0.2) is 0 Å². The Labute approximate surface area is 150 Å². The molecule has 0 radical (unpaired) electrons. The first-order valence-electron chi connectivity index (χ1n) is 9.33. The van der Waals surface area contributed by atoms with E-state index in [-0.39, 0.29) is 5.54 Å². The quantitative estimate of drug-likeness (QED) is 0.378. The number of rotatable bonds is 16. The molecule has 0 heterocycles. The predicted molar refractivity (Wildman–Crippen MR) is 100 cm³/mol. The molecule has 6 nitrogen and oxygen atoms in total. The molecule has 0 aliphatic rings. The van der Waals surface area contributed by atoms with Gasteiger partial charge in [0.05, 0.1) is 0 Å². The lowest BCUT2D eigenvalue weighted by molar-refractivity contribution is 0.0575. The van der Waals surface area contributed by atoms with Crippen molar-refractivity contribution < 1.29 is 26.6 Å². The molecule has 0 aliphatic carbocycles. The summed E-state index contributed by atoms with van der Waals surface area (Å²) in [5.74, 6) is 0. The van der Waals surface area contributed by atoms with Crippen LogP contribution >= 0.6 is 0 Å². The van der Waals surface area contributed by atoms with Crippen molar-refractivity contribution in [3.63, 3.8) is 0 Å². The molecule has 0 fully saturated rings. The summed E-state index contributed by atoms with van der Waals surface area (Å²) in [5.41, 5.74) is 0.158. The first kappa shape index (κ1) is 24.2. The third-order valence-corrected chi connectivity index (χ3v) is 10.3. The highest BCUT2D eigenvalue weighted by Gasteiger charge is 2.49. The van der Waals surface area contributed by atoms with Crippen LogP contribution in [-0.2, 0) is 26.6 Å². The monoisotopic (exact) mass is 382 g/mol. The van der Waals surface area contributed by atoms with E-state index in [1.54, 1.807) is 0 Å².